The van der Waals surface area contributed by atoms with Crippen molar-refractivity contribution in [2.24, 2.45) is 0 Å². The van der Waals surface area contributed by atoms with E-state index in [4.69, 9.17) is 9.31 Å². The molecule has 0 aliphatic carbocycles. The summed E-state index contributed by atoms with van der Waals surface area (Å²) >= 11 is 0. The largest absolute Gasteiger partial charge is 0.494 e. The Morgan fingerprint density at radius 2 is 1.55 bits per heavy atom. The minimum atomic E-state index is -0.290. The van der Waals surface area contributed by atoms with Crippen LogP contribution in [-0.4, -0.2) is 56.4 Å². The summed E-state index contributed by atoms with van der Waals surface area (Å²) in [5.74, 6) is 0. The Morgan fingerprint density at radius 3 is 2.14 bits per heavy atom. The van der Waals surface area contributed by atoms with E-state index >= 15 is 0 Å². The van der Waals surface area contributed by atoms with E-state index in [1.807, 2.05) is 0 Å². The summed E-state index contributed by atoms with van der Waals surface area (Å²) in [6, 6.07) is 8.60. The number of rotatable bonds is 2. The highest BCUT2D eigenvalue weighted by molar-refractivity contribution is 6.62. The van der Waals surface area contributed by atoms with Crippen molar-refractivity contribution in [2.75, 3.05) is 38.1 Å². The first-order valence-corrected chi connectivity index (χ1v) is 8.18. The smallest absolute Gasteiger partial charge is 0.399 e. The maximum Gasteiger partial charge on any atom is 0.494 e. The van der Waals surface area contributed by atoms with E-state index in [0.29, 0.717) is 0 Å². The lowest BCUT2D eigenvalue weighted by Crippen LogP contribution is -2.45. The molecule has 4 nitrogen and oxygen atoms in total. The van der Waals surface area contributed by atoms with E-state index in [0.717, 1.165) is 31.6 Å². The molecule has 2 heterocycles. The van der Waals surface area contributed by atoms with Gasteiger partial charge in [0.2, 0.25) is 0 Å². The van der Waals surface area contributed by atoms with Crippen LogP contribution in [0.3, 0.4) is 0 Å². The highest BCUT2D eigenvalue weighted by Crippen LogP contribution is 2.36. The number of nitrogens with zero attached hydrogens (tertiary/aromatic N) is 2. The van der Waals surface area contributed by atoms with Crippen LogP contribution in [0.15, 0.2) is 24.3 Å². The summed E-state index contributed by atoms with van der Waals surface area (Å²) in [5, 5.41) is 0. The van der Waals surface area contributed by atoms with Crippen molar-refractivity contribution in [3.8, 4) is 0 Å². The fourth-order valence-electron chi connectivity index (χ4n) is 2.91. The van der Waals surface area contributed by atoms with E-state index in [1.54, 1.807) is 0 Å². The molecule has 0 amide bonds. The second kappa shape index (κ2) is 5.55. The van der Waals surface area contributed by atoms with Crippen molar-refractivity contribution in [3.05, 3.63) is 24.3 Å². The Hall–Kier alpha value is -1.04. The zero-order chi connectivity index (χ0) is 16.0. The zero-order valence-corrected chi connectivity index (χ0v) is 14.4. The monoisotopic (exact) mass is 302 g/mol. The van der Waals surface area contributed by atoms with Gasteiger partial charge in [-0.15, -0.1) is 0 Å². The standard InChI is InChI=1S/C17H27BN2O2/c1-16(2)17(3,4)22-18(21-16)14-7-6-8-15(13-14)20-11-9-19(5)10-12-20/h6-8,13H,9-12H2,1-5H3. The number of piperazine rings is 1. The molecule has 120 valence electrons. The minimum Gasteiger partial charge on any atom is -0.399 e. The number of anilines is 1. The van der Waals surface area contributed by atoms with Crippen LogP contribution in [-0.2, 0) is 9.31 Å². The van der Waals surface area contributed by atoms with Gasteiger partial charge in [0.05, 0.1) is 11.2 Å². The average Bonchev–Trinajstić information content (AvgIpc) is 2.68. The van der Waals surface area contributed by atoms with E-state index < -0.39 is 0 Å². The van der Waals surface area contributed by atoms with Gasteiger partial charge in [-0.2, -0.15) is 0 Å². The van der Waals surface area contributed by atoms with Gasteiger partial charge in [-0.25, -0.2) is 0 Å². The molecular weight excluding hydrogens is 275 g/mol. The Labute approximate surface area is 134 Å². The molecule has 22 heavy (non-hydrogen) atoms. The molecule has 3 rings (SSSR count). The highest BCUT2D eigenvalue weighted by Gasteiger charge is 2.51. The van der Waals surface area contributed by atoms with Gasteiger partial charge in [0, 0.05) is 31.9 Å². The zero-order valence-electron chi connectivity index (χ0n) is 14.4. The van der Waals surface area contributed by atoms with Crippen molar-refractivity contribution in [3.63, 3.8) is 0 Å². The SMILES string of the molecule is CN1CCN(c2cccc(B3OC(C)(C)C(C)(C)O3)c2)CC1. The maximum atomic E-state index is 6.16. The van der Waals surface area contributed by atoms with E-state index in [9.17, 15) is 0 Å². The molecule has 0 saturated carbocycles. The van der Waals surface area contributed by atoms with Crippen molar-refractivity contribution >= 4 is 18.3 Å². The molecule has 2 aliphatic rings. The third-order valence-corrected chi connectivity index (χ3v) is 5.26. The summed E-state index contributed by atoms with van der Waals surface area (Å²) in [7, 11) is 1.90. The van der Waals surface area contributed by atoms with Crippen molar-refractivity contribution < 1.29 is 9.31 Å². The van der Waals surface area contributed by atoms with Gasteiger partial charge >= 0.3 is 7.12 Å². The highest BCUT2D eigenvalue weighted by atomic mass is 16.7. The Balaban J connectivity index is 1.78. The molecule has 0 aromatic heterocycles. The fourth-order valence-corrected chi connectivity index (χ4v) is 2.91. The lowest BCUT2D eigenvalue weighted by molar-refractivity contribution is 0.00578. The first-order valence-electron chi connectivity index (χ1n) is 8.18. The molecular formula is C17H27BN2O2. The quantitative estimate of drug-likeness (QED) is 0.777. The Kier molecular flexibility index (Phi) is 4.00. The second-order valence-corrected chi connectivity index (χ2v) is 7.47. The van der Waals surface area contributed by atoms with Crippen LogP contribution in [0.1, 0.15) is 27.7 Å². The van der Waals surface area contributed by atoms with Gasteiger partial charge in [-0.3, -0.25) is 0 Å². The average molecular weight is 302 g/mol. The first-order chi connectivity index (χ1) is 10.3. The number of hydrogen-bond donors (Lipinski definition) is 0. The third-order valence-electron chi connectivity index (χ3n) is 5.26. The van der Waals surface area contributed by atoms with Crippen LogP contribution >= 0.6 is 0 Å². The first kappa shape index (κ1) is 15.8. The third kappa shape index (κ3) is 2.90. The Bertz CT molecular complexity index is 523. The summed E-state index contributed by atoms with van der Waals surface area (Å²) in [6.45, 7) is 12.7. The summed E-state index contributed by atoms with van der Waals surface area (Å²) in [6.07, 6.45) is 0. The lowest BCUT2D eigenvalue weighted by atomic mass is 9.79. The number of likely N-dealkylation sites (N-methyl/N-ethyl adjacent to an activating group) is 1. The lowest BCUT2D eigenvalue weighted by Gasteiger charge is -2.34. The summed E-state index contributed by atoms with van der Waals surface area (Å²) in [5.41, 5.74) is 1.79. The van der Waals surface area contributed by atoms with Gasteiger partial charge in [0.25, 0.3) is 0 Å². The van der Waals surface area contributed by atoms with Gasteiger partial charge < -0.3 is 19.1 Å². The van der Waals surface area contributed by atoms with Crippen LogP contribution < -0.4 is 10.4 Å². The van der Waals surface area contributed by atoms with E-state index in [1.165, 1.54) is 5.69 Å². The van der Waals surface area contributed by atoms with E-state index in [2.05, 4.69) is 68.8 Å². The molecule has 0 N–H and O–H groups in total. The van der Waals surface area contributed by atoms with Gasteiger partial charge in [0.15, 0.2) is 0 Å². The topological polar surface area (TPSA) is 24.9 Å². The maximum absolute atomic E-state index is 6.16. The molecule has 0 atom stereocenters. The molecule has 5 heteroatoms. The van der Waals surface area contributed by atoms with Crippen molar-refractivity contribution in [1.29, 1.82) is 0 Å². The van der Waals surface area contributed by atoms with Crippen LogP contribution in [0, 0.1) is 0 Å². The predicted octanol–water partition coefficient (Wildman–Crippen LogP) is 1.74. The molecule has 0 spiro atoms. The number of benzene rings is 1. The fraction of sp³-hybridized carbons (Fsp3) is 0.647. The van der Waals surface area contributed by atoms with Crippen molar-refractivity contribution in [1.82, 2.24) is 4.90 Å². The summed E-state index contributed by atoms with van der Waals surface area (Å²) < 4.78 is 12.3. The van der Waals surface area contributed by atoms with Gasteiger partial charge in [-0.05, 0) is 52.3 Å². The molecule has 0 bridgehead atoms. The molecule has 0 radical (unpaired) electrons. The molecule has 2 aliphatic heterocycles. The summed E-state index contributed by atoms with van der Waals surface area (Å²) in [4.78, 5) is 4.81. The van der Waals surface area contributed by atoms with Gasteiger partial charge in [-0.1, -0.05) is 12.1 Å². The molecule has 2 fully saturated rings. The van der Waals surface area contributed by atoms with Crippen molar-refractivity contribution in [2.45, 2.75) is 38.9 Å². The van der Waals surface area contributed by atoms with Crippen LogP contribution in [0.5, 0.6) is 0 Å². The molecule has 0 unspecified atom stereocenters. The van der Waals surface area contributed by atoms with E-state index in [-0.39, 0.29) is 18.3 Å². The van der Waals surface area contributed by atoms with Crippen LogP contribution in [0.25, 0.3) is 0 Å². The molecule has 1 aromatic carbocycles. The predicted molar refractivity (Wildman–Crippen MR) is 91.9 cm³/mol. The minimum absolute atomic E-state index is 0.280. The Morgan fingerprint density at radius 1 is 0.955 bits per heavy atom. The molecule has 2 saturated heterocycles. The second-order valence-electron chi connectivity index (χ2n) is 7.47. The molecule has 1 aromatic rings. The van der Waals surface area contributed by atoms with Crippen LogP contribution in [0.2, 0.25) is 0 Å². The van der Waals surface area contributed by atoms with Crippen LogP contribution in [0.4, 0.5) is 5.69 Å². The number of hydrogen-bond acceptors (Lipinski definition) is 4. The van der Waals surface area contributed by atoms with Gasteiger partial charge in [0.1, 0.15) is 0 Å². The normalized spacial score (nSPS) is 24.8.